The third-order valence-electron chi connectivity index (χ3n) is 15.2. The fraction of sp³-hybridized carbons (Fsp3) is 0.250. The first-order chi connectivity index (χ1) is 41.2. The topological polar surface area (TPSA) is 33.5 Å². The van der Waals surface area contributed by atoms with Crippen molar-refractivity contribution in [1.82, 2.24) is 9.55 Å². The number of fused-ring (bicyclic) bond motifs is 8. The molecule has 0 N–H and O–H groups in total. The van der Waals surface area contributed by atoms with Gasteiger partial charge in [0.2, 0.25) is 0 Å². The molecule has 5 nitrogen and oxygen atoms in total. The summed E-state index contributed by atoms with van der Waals surface area (Å²) in [6, 6.07) is 32.9. The van der Waals surface area contributed by atoms with Gasteiger partial charge in [0.05, 0.1) is 13.7 Å². The van der Waals surface area contributed by atoms with Crippen LogP contribution in [-0.2, 0) is 42.7 Å². The van der Waals surface area contributed by atoms with E-state index in [9.17, 15) is 5.48 Å². The van der Waals surface area contributed by atoms with E-state index in [0.717, 1.165) is 38.8 Å². The van der Waals surface area contributed by atoms with Crippen LogP contribution in [0.2, 0.25) is 0 Å². The molecule has 0 fully saturated rings. The summed E-state index contributed by atoms with van der Waals surface area (Å²) in [5.41, 5.74) is 8.93. The second-order valence-corrected chi connectivity index (χ2v) is 25.8. The van der Waals surface area contributed by atoms with Gasteiger partial charge >= 0.3 is 0 Å². The molecule has 0 amide bonds. The van der Waals surface area contributed by atoms with Crippen molar-refractivity contribution in [3.63, 3.8) is 0 Å². The van der Waals surface area contributed by atoms with Crippen LogP contribution >= 0.6 is 11.3 Å². The Labute approximate surface area is 500 Å². The minimum absolute atomic E-state index is 0. The normalized spacial score (nSPS) is 15.0. The van der Waals surface area contributed by atoms with E-state index < -0.39 is 65.8 Å². The Balaban J connectivity index is 0.00000817. The van der Waals surface area contributed by atoms with Crippen LogP contribution in [0.5, 0.6) is 11.5 Å². The van der Waals surface area contributed by atoms with Gasteiger partial charge in [0.1, 0.15) is 5.82 Å². The van der Waals surface area contributed by atoms with E-state index in [-0.39, 0.29) is 65.3 Å². The predicted molar refractivity (Wildman–Crippen MR) is 332 cm³/mol. The average Bonchev–Trinajstić information content (AvgIpc) is 1.71. The first-order valence-electron chi connectivity index (χ1n) is 31.6. The van der Waals surface area contributed by atoms with Gasteiger partial charge in [0, 0.05) is 92.6 Å². The molecule has 0 bridgehead atoms. The van der Waals surface area contributed by atoms with Crippen molar-refractivity contribution in [2.75, 3.05) is 9.80 Å². The number of ether oxygens (including phenoxy) is 1. The summed E-state index contributed by atoms with van der Waals surface area (Å²) in [5, 5.41) is 4.57. The number of thiophene rings is 1. The van der Waals surface area contributed by atoms with Crippen LogP contribution in [0.1, 0.15) is 130 Å². The molecule has 1 aliphatic rings. The Bertz CT molecular complexity index is 4640. The number of hydrogen-bond donors (Lipinski definition) is 0. The Morgan fingerprint density at radius 2 is 1.18 bits per heavy atom. The first-order valence-corrected chi connectivity index (χ1v) is 27.4. The summed E-state index contributed by atoms with van der Waals surface area (Å²) < 4.78 is 102. The minimum Gasteiger partial charge on any atom is -0.509 e. The molecule has 8 aromatic carbocycles. The number of para-hydroxylation sites is 2. The van der Waals surface area contributed by atoms with Gasteiger partial charge in [-0.15, -0.1) is 59.4 Å². The second kappa shape index (κ2) is 19.7. The maximum atomic E-state index is 9.47. The van der Waals surface area contributed by atoms with Gasteiger partial charge in [-0.1, -0.05) is 173 Å². The molecule has 3 aromatic heterocycles. The number of hydrogen-bond acceptors (Lipinski definition) is 5. The van der Waals surface area contributed by atoms with E-state index in [4.69, 9.17) is 17.9 Å². The van der Waals surface area contributed by atoms with Crippen molar-refractivity contribution in [1.29, 1.82) is 0 Å². The van der Waals surface area contributed by atoms with E-state index in [1.54, 1.807) is 6.67 Å². The molecule has 11 aromatic rings. The van der Waals surface area contributed by atoms with Crippen LogP contribution in [0.15, 0.2) is 158 Å². The number of pyridine rings is 1. The molecule has 0 aliphatic carbocycles. The van der Waals surface area contributed by atoms with Gasteiger partial charge in [-0.25, -0.2) is 4.98 Å². The summed E-state index contributed by atoms with van der Waals surface area (Å²) >= 11 is 1.84. The molecule has 0 saturated heterocycles. The summed E-state index contributed by atoms with van der Waals surface area (Å²) in [6.07, 6.45) is 1.88. The molecule has 0 saturated carbocycles. The molecule has 0 spiro atoms. The molecule has 0 unspecified atom stereocenters. The zero-order chi connectivity index (χ0) is 63.5. The summed E-state index contributed by atoms with van der Waals surface area (Å²) in [7, 11) is 0. The van der Waals surface area contributed by atoms with Crippen LogP contribution in [0.3, 0.4) is 0 Å². The fourth-order valence-corrected chi connectivity index (χ4v) is 13.2. The molecule has 7 heteroatoms. The molecule has 12 rings (SSSR count). The average molecular weight is 1240 g/mol. The van der Waals surface area contributed by atoms with Gasteiger partial charge in [-0.2, -0.15) is 12.1 Å². The van der Waals surface area contributed by atoms with Gasteiger partial charge in [0.15, 0.2) is 0 Å². The smallest absolute Gasteiger partial charge is 0.135 e. The third-order valence-corrected chi connectivity index (χ3v) is 16.5. The maximum Gasteiger partial charge on any atom is 0.135 e. The zero-order valence-corrected chi connectivity index (χ0v) is 50.3. The van der Waals surface area contributed by atoms with Gasteiger partial charge in [-0.05, 0) is 122 Å². The van der Waals surface area contributed by atoms with Crippen LogP contribution < -0.4 is 14.5 Å². The van der Waals surface area contributed by atoms with Crippen LogP contribution in [0, 0.1) is 32.6 Å². The number of rotatable bonds is 7. The number of aromatic nitrogens is 2. The van der Waals surface area contributed by atoms with Crippen LogP contribution in [0.25, 0.3) is 70.0 Å². The van der Waals surface area contributed by atoms with E-state index in [0.29, 0.717) is 39.7 Å². The number of nitrogens with zero attached hydrogens (tertiary/aromatic N) is 4. The Hall–Kier alpha value is -6.98. The minimum atomic E-state index is -0.656. The number of anilines is 4. The third kappa shape index (κ3) is 9.37. The predicted octanol–water partition coefficient (Wildman–Crippen LogP) is 20.5. The van der Waals surface area contributed by atoms with Crippen molar-refractivity contribution in [3.05, 3.63) is 210 Å². The largest absolute Gasteiger partial charge is 0.509 e. The quantitative estimate of drug-likeness (QED) is 0.149. The summed E-state index contributed by atoms with van der Waals surface area (Å²) in [4.78, 5) is 8.77. The SMILES string of the molecule is [2H]c1c([2H])c([2H])c(-c2c(C)c(C(C)(C)C)c(C)c(-c3c([2H])c([2H])c([2H])c([2H])c3[2H])c2N2[CH-]N(c3[c-]c(Oc4[c-]c5c(cc4)c4c6sc7c(C(C)(C)C)cc(C(C)(C)C)cc7c6ccc4n5-c4cc(C(C)(C)C)ccn4)ccc3)c3ccccc32)c([2H])c1[2H].[Pt]. The maximum absolute atomic E-state index is 9.47. The molecular formula is C72H69N4OPtS-3. The zero-order valence-electron chi connectivity index (χ0n) is 57.2. The molecule has 0 atom stereocenters. The Morgan fingerprint density at radius 1 is 0.570 bits per heavy atom. The second-order valence-electron chi connectivity index (χ2n) is 24.7. The van der Waals surface area contributed by atoms with E-state index >= 15 is 0 Å². The molecule has 79 heavy (non-hydrogen) atoms. The fourth-order valence-electron chi connectivity index (χ4n) is 11.6. The Kier molecular flexibility index (Phi) is 10.7. The van der Waals surface area contributed by atoms with Gasteiger partial charge in [0.25, 0.3) is 0 Å². The monoisotopic (exact) mass is 1240 g/mol. The summed E-state index contributed by atoms with van der Waals surface area (Å²) in [5.74, 6) is 1.58. The van der Waals surface area contributed by atoms with E-state index in [1.165, 1.54) is 31.3 Å². The molecule has 4 heterocycles. The van der Waals surface area contributed by atoms with E-state index in [2.05, 4.69) is 121 Å². The standard InChI is InChI=1S/C72H69N4OS.Pt/c1-44-62(46-24-17-15-18-25-46)66(63(47-26-19-16-20-27-47)45(2)65(44)72(12,13)14)75-43-74(57-30-21-22-31-58(57)75)50-28-23-29-51(41-50)77-52-32-33-54-60(42-52)76(61-40-48(36-37-73-61)69(3,4)5)59-35-34-53-55-38-49(70(6,7)8)39-56(71(9,10)11)67(55)78-68(53)64(54)59;/h15-40,43H,1-14H3;/q-3;/i15D,16D,17D,18D,19D,20D,24D,25D,26D,27D;. The van der Waals surface area contributed by atoms with Crippen molar-refractivity contribution >= 4 is 76.1 Å². The van der Waals surface area contributed by atoms with Crippen LogP contribution in [0.4, 0.5) is 22.7 Å². The number of benzene rings is 8. The summed E-state index contributed by atoms with van der Waals surface area (Å²) in [6.45, 7) is 31.8. The van der Waals surface area contributed by atoms with Crippen molar-refractivity contribution in [3.8, 4) is 39.6 Å². The van der Waals surface area contributed by atoms with Crippen molar-refractivity contribution < 1.29 is 39.5 Å². The molecular weight excluding hydrogens is 1160 g/mol. The van der Waals surface area contributed by atoms with Crippen LogP contribution in [-0.4, -0.2) is 9.55 Å². The first kappa shape index (κ1) is 42.9. The van der Waals surface area contributed by atoms with Crippen molar-refractivity contribution in [2.24, 2.45) is 0 Å². The van der Waals surface area contributed by atoms with Crippen molar-refractivity contribution in [2.45, 2.75) is 119 Å². The molecule has 1 aliphatic heterocycles. The van der Waals surface area contributed by atoms with Gasteiger partial charge in [-0.3, -0.25) is 0 Å². The van der Waals surface area contributed by atoms with Gasteiger partial charge < -0.3 is 19.1 Å². The molecule has 0 radical (unpaired) electrons. The molecule has 402 valence electrons. The Morgan fingerprint density at radius 3 is 1.78 bits per heavy atom. The van der Waals surface area contributed by atoms with E-state index in [1.807, 2.05) is 110 Å².